The van der Waals surface area contributed by atoms with Gasteiger partial charge in [0.1, 0.15) is 0 Å². The van der Waals surface area contributed by atoms with Gasteiger partial charge in [0.05, 0.1) is 6.61 Å². The Bertz CT molecular complexity index is 407. The van der Waals surface area contributed by atoms with Crippen LogP contribution >= 0.6 is 0 Å². The van der Waals surface area contributed by atoms with Crippen LogP contribution in [0.3, 0.4) is 0 Å². The van der Waals surface area contributed by atoms with Gasteiger partial charge in [-0.25, -0.2) is 0 Å². The Morgan fingerprint density at radius 3 is 2.52 bits per heavy atom. The Morgan fingerprint density at radius 2 is 1.90 bits per heavy atom. The molecule has 0 aliphatic rings. The van der Waals surface area contributed by atoms with Crippen molar-refractivity contribution < 1.29 is 4.74 Å². The molecule has 1 aromatic rings. The predicted molar refractivity (Wildman–Crippen MR) is 91.2 cm³/mol. The fourth-order valence-electron chi connectivity index (χ4n) is 2.41. The zero-order valence-corrected chi connectivity index (χ0v) is 14.3. The Hall–Kier alpha value is -1.10. The van der Waals surface area contributed by atoms with E-state index in [0.717, 1.165) is 32.8 Å². The molecule has 0 amide bonds. The Balaban J connectivity index is 2.48. The average molecular weight is 293 g/mol. The summed E-state index contributed by atoms with van der Waals surface area (Å²) in [5, 5.41) is 3.38. The monoisotopic (exact) mass is 293 g/mol. The van der Waals surface area contributed by atoms with E-state index in [1.54, 1.807) is 7.11 Å². The largest absolute Gasteiger partial charge is 0.383 e. The summed E-state index contributed by atoms with van der Waals surface area (Å²) in [5.41, 5.74) is 4.00. The van der Waals surface area contributed by atoms with E-state index in [1.807, 2.05) is 0 Å². The first-order valence-electron chi connectivity index (χ1n) is 7.69. The van der Waals surface area contributed by atoms with Gasteiger partial charge in [-0.2, -0.15) is 0 Å². The van der Waals surface area contributed by atoms with E-state index in [1.165, 1.54) is 23.2 Å². The summed E-state index contributed by atoms with van der Waals surface area (Å²) in [4.78, 5) is 4.58. The Morgan fingerprint density at radius 1 is 1.14 bits per heavy atom. The highest BCUT2D eigenvalue weighted by atomic mass is 16.5. The molecule has 1 N–H and O–H groups in total. The minimum Gasteiger partial charge on any atom is -0.383 e. The van der Waals surface area contributed by atoms with Gasteiger partial charge in [0.25, 0.3) is 0 Å². The first kappa shape index (κ1) is 18.0. The van der Waals surface area contributed by atoms with Crippen LogP contribution in [0.2, 0.25) is 0 Å². The van der Waals surface area contributed by atoms with Crippen LogP contribution in [0.15, 0.2) is 18.2 Å². The standard InChI is InChI=1S/C17H31N3O/c1-15-13-16(14-18-9-12-21-5)7-8-17(15)20(4)11-6-10-19(2)3/h7-8,13,18H,6,9-12,14H2,1-5H3. The number of aryl methyl sites for hydroxylation is 1. The topological polar surface area (TPSA) is 27.7 Å². The average Bonchev–Trinajstić information content (AvgIpc) is 2.43. The highest BCUT2D eigenvalue weighted by Gasteiger charge is 2.05. The van der Waals surface area contributed by atoms with E-state index < -0.39 is 0 Å². The highest BCUT2D eigenvalue weighted by molar-refractivity contribution is 5.53. The van der Waals surface area contributed by atoms with Crippen molar-refractivity contribution in [2.45, 2.75) is 19.9 Å². The molecule has 1 rings (SSSR count). The number of rotatable bonds is 10. The van der Waals surface area contributed by atoms with Crippen LogP contribution in [0.5, 0.6) is 0 Å². The number of methoxy groups -OCH3 is 1. The van der Waals surface area contributed by atoms with Gasteiger partial charge < -0.3 is 19.9 Å². The van der Waals surface area contributed by atoms with E-state index in [4.69, 9.17) is 4.74 Å². The molecule has 0 spiro atoms. The van der Waals surface area contributed by atoms with Crippen LogP contribution in [-0.4, -0.2) is 59.4 Å². The third kappa shape index (κ3) is 6.93. The summed E-state index contributed by atoms with van der Waals surface area (Å²) >= 11 is 0. The lowest BCUT2D eigenvalue weighted by molar-refractivity contribution is 0.199. The molecule has 0 atom stereocenters. The summed E-state index contributed by atoms with van der Waals surface area (Å²) in [6, 6.07) is 6.72. The van der Waals surface area contributed by atoms with Gasteiger partial charge in [-0.05, 0) is 51.2 Å². The molecule has 0 saturated heterocycles. The van der Waals surface area contributed by atoms with Crippen molar-refractivity contribution in [3.63, 3.8) is 0 Å². The first-order chi connectivity index (χ1) is 10.0. The van der Waals surface area contributed by atoms with Gasteiger partial charge in [0.2, 0.25) is 0 Å². The fourth-order valence-corrected chi connectivity index (χ4v) is 2.41. The lowest BCUT2D eigenvalue weighted by atomic mass is 10.1. The molecule has 0 aromatic heterocycles. The maximum atomic E-state index is 5.04. The van der Waals surface area contributed by atoms with E-state index in [-0.39, 0.29) is 0 Å². The molecule has 21 heavy (non-hydrogen) atoms. The van der Waals surface area contributed by atoms with Crippen molar-refractivity contribution in [3.05, 3.63) is 29.3 Å². The fraction of sp³-hybridized carbons (Fsp3) is 0.647. The Kier molecular flexibility index (Phi) is 8.35. The molecular weight excluding hydrogens is 262 g/mol. The molecule has 0 aliphatic carbocycles. The number of hydrogen-bond donors (Lipinski definition) is 1. The number of benzene rings is 1. The van der Waals surface area contributed by atoms with Crippen molar-refractivity contribution in [3.8, 4) is 0 Å². The van der Waals surface area contributed by atoms with Gasteiger partial charge in [-0.3, -0.25) is 0 Å². The molecule has 0 fully saturated rings. The second-order valence-corrected chi connectivity index (χ2v) is 5.87. The quantitative estimate of drug-likeness (QED) is 0.669. The van der Waals surface area contributed by atoms with Crippen molar-refractivity contribution in [2.24, 2.45) is 0 Å². The van der Waals surface area contributed by atoms with Crippen molar-refractivity contribution >= 4 is 5.69 Å². The summed E-state index contributed by atoms with van der Waals surface area (Å²) in [6.45, 7) is 6.95. The minimum atomic E-state index is 0.756. The number of anilines is 1. The molecule has 0 saturated carbocycles. The van der Waals surface area contributed by atoms with Crippen LogP contribution in [0.4, 0.5) is 5.69 Å². The van der Waals surface area contributed by atoms with Gasteiger partial charge in [0, 0.05) is 39.5 Å². The maximum absolute atomic E-state index is 5.04. The van der Waals surface area contributed by atoms with E-state index in [0.29, 0.717) is 0 Å². The van der Waals surface area contributed by atoms with Crippen LogP contribution in [0, 0.1) is 6.92 Å². The molecule has 0 heterocycles. The van der Waals surface area contributed by atoms with Crippen LogP contribution < -0.4 is 10.2 Å². The van der Waals surface area contributed by atoms with Crippen molar-refractivity contribution in [1.82, 2.24) is 10.2 Å². The van der Waals surface area contributed by atoms with Crippen molar-refractivity contribution in [2.75, 3.05) is 59.4 Å². The zero-order valence-electron chi connectivity index (χ0n) is 14.3. The van der Waals surface area contributed by atoms with Gasteiger partial charge in [-0.1, -0.05) is 12.1 Å². The number of nitrogens with zero attached hydrogens (tertiary/aromatic N) is 2. The number of nitrogens with one attached hydrogen (secondary N) is 1. The van der Waals surface area contributed by atoms with Crippen molar-refractivity contribution in [1.29, 1.82) is 0 Å². The summed E-state index contributed by atoms with van der Waals surface area (Å²) < 4.78 is 5.04. The van der Waals surface area contributed by atoms with Gasteiger partial charge in [-0.15, -0.1) is 0 Å². The van der Waals surface area contributed by atoms with E-state index >= 15 is 0 Å². The summed E-state index contributed by atoms with van der Waals surface area (Å²) in [7, 11) is 8.15. The molecule has 4 nitrogen and oxygen atoms in total. The lowest BCUT2D eigenvalue weighted by Gasteiger charge is -2.23. The van der Waals surface area contributed by atoms with Crippen LogP contribution in [0.1, 0.15) is 17.5 Å². The third-order valence-electron chi connectivity index (χ3n) is 3.58. The molecular formula is C17H31N3O. The zero-order chi connectivity index (χ0) is 15.7. The normalized spacial score (nSPS) is 11.1. The molecule has 0 bridgehead atoms. The third-order valence-corrected chi connectivity index (χ3v) is 3.58. The second-order valence-electron chi connectivity index (χ2n) is 5.87. The van der Waals surface area contributed by atoms with E-state index in [9.17, 15) is 0 Å². The lowest BCUT2D eigenvalue weighted by Crippen LogP contribution is -2.24. The summed E-state index contributed by atoms with van der Waals surface area (Å²) in [5.74, 6) is 0. The molecule has 1 aromatic carbocycles. The molecule has 0 radical (unpaired) electrons. The predicted octanol–water partition coefficient (Wildman–Crippen LogP) is 2.12. The number of hydrogen-bond acceptors (Lipinski definition) is 4. The van der Waals surface area contributed by atoms with Crippen LogP contribution in [-0.2, 0) is 11.3 Å². The molecule has 120 valence electrons. The summed E-state index contributed by atoms with van der Waals surface area (Å²) in [6.07, 6.45) is 1.18. The van der Waals surface area contributed by atoms with Gasteiger partial charge in [0.15, 0.2) is 0 Å². The molecule has 0 aliphatic heterocycles. The van der Waals surface area contributed by atoms with E-state index in [2.05, 4.69) is 61.4 Å². The highest BCUT2D eigenvalue weighted by Crippen LogP contribution is 2.20. The smallest absolute Gasteiger partial charge is 0.0587 e. The first-order valence-corrected chi connectivity index (χ1v) is 7.69. The SMILES string of the molecule is COCCNCc1ccc(N(C)CCCN(C)C)c(C)c1. The maximum Gasteiger partial charge on any atom is 0.0587 e. The minimum absolute atomic E-state index is 0.756. The van der Waals surface area contributed by atoms with Crippen LogP contribution in [0.25, 0.3) is 0 Å². The number of ether oxygens (including phenoxy) is 1. The van der Waals surface area contributed by atoms with Gasteiger partial charge >= 0.3 is 0 Å². The Labute approximate surface area is 130 Å². The molecule has 4 heteroatoms. The second kappa shape index (κ2) is 9.77. The molecule has 0 unspecified atom stereocenters.